The van der Waals surface area contributed by atoms with E-state index in [1.807, 2.05) is 0 Å². The molecule has 3 heteroatoms. The number of hydrogen-bond donors (Lipinski definition) is 0. The standard InChI is InChI=1S/C5H9ClN2/c1-5-3-2-4-7(5)8(5)6/h2-4H2,1H3. The normalized spacial score (nSPS) is 60.8. The molecule has 0 N–H and O–H groups in total. The highest BCUT2D eigenvalue weighted by atomic mass is 35.5. The van der Waals surface area contributed by atoms with E-state index in [-0.39, 0.29) is 5.66 Å². The van der Waals surface area contributed by atoms with Gasteiger partial charge in [-0.05, 0) is 31.5 Å². The molecule has 2 aliphatic rings. The van der Waals surface area contributed by atoms with Crippen molar-refractivity contribution in [3.05, 3.63) is 0 Å². The summed E-state index contributed by atoms with van der Waals surface area (Å²) in [4.78, 5) is 0. The highest BCUT2D eigenvalue weighted by Crippen LogP contribution is 2.49. The van der Waals surface area contributed by atoms with E-state index in [4.69, 9.17) is 11.8 Å². The second-order valence-electron chi connectivity index (χ2n) is 2.70. The Morgan fingerprint density at radius 3 is 2.62 bits per heavy atom. The van der Waals surface area contributed by atoms with E-state index in [0.717, 1.165) is 6.54 Å². The van der Waals surface area contributed by atoms with Crippen LogP contribution in [-0.4, -0.2) is 21.7 Å². The Morgan fingerprint density at radius 2 is 2.38 bits per heavy atom. The molecular formula is C5H9ClN2. The van der Waals surface area contributed by atoms with Crippen LogP contribution in [0.2, 0.25) is 0 Å². The molecule has 0 bridgehead atoms. The van der Waals surface area contributed by atoms with Gasteiger partial charge in [-0.1, -0.05) is 0 Å². The Bertz CT molecular complexity index is 128. The molecule has 0 amide bonds. The molecule has 46 valence electrons. The molecule has 0 aliphatic carbocycles. The van der Waals surface area contributed by atoms with Crippen molar-refractivity contribution in [1.29, 1.82) is 0 Å². The van der Waals surface area contributed by atoms with Gasteiger partial charge in [-0.2, -0.15) is 0 Å². The Hall–Kier alpha value is 0.210. The van der Waals surface area contributed by atoms with Gasteiger partial charge in [-0.25, -0.2) is 5.01 Å². The Labute approximate surface area is 54.1 Å². The molecule has 0 aromatic rings. The first-order valence-electron chi connectivity index (χ1n) is 2.99. The zero-order valence-electron chi connectivity index (χ0n) is 4.89. The second-order valence-corrected chi connectivity index (χ2v) is 3.02. The number of hydrazine groups is 1. The van der Waals surface area contributed by atoms with Gasteiger partial charge in [-0.15, -0.1) is 4.53 Å². The summed E-state index contributed by atoms with van der Waals surface area (Å²) in [5.41, 5.74) is 0.252. The molecular weight excluding hydrogens is 124 g/mol. The van der Waals surface area contributed by atoms with E-state index < -0.39 is 0 Å². The summed E-state index contributed by atoms with van der Waals surface area (Å²) in [6, 6.07) is 0. The summed E-state index contributed by atoms with van der Waals surface area (Å²) in [7, 11) is 0. The van der Waals surface area contributed by atoms with Crippen LogP contribution in [-0.2, 0) is 0 Å². The second kappa shape index (κ2) is 1.20. The molecule has 0 radical (unpaired) electrons. The van der Waals surface area contributed by atoms with Crippen LogP contribution in [0, 0.1) is 0 Å². The number of fused-ring (bicyclic) bond motifs is 1. The van der Waals surface area contributed by atoms with E-state index in [0.29, 0.717) is 0 Å². The zero-order valence-corrected chi connectivity index (χ0v) is 5.65. The minimum absolute atomic E-state index is 0.252. The fourth-order valence-electron chi connectivity index (χ4n) is 1.46. The van der Waals surface area contributed by atoms with Gasteiger partial charge >= 0.3 is 0 Å². The minimum Gasteiger partial charge on any atom is -0.203 e. The molecule has 8 heavy (non-hydrogen) atoms. The minimum atomic E-state index is 0.252. The molecule has 2 fully saturated rings. The first-order chi connectivity index (χ1) is 3.75. The number of halogens is 1. The molecule has 2 rings (SSSR count). The highest BCUT2D eigenvalue weighted by Gasteiger charge is 2.59. The van der Waals surface area contributed by atoms with E-state index in [1.165, 1.54) is 12.8 Å². The lowest BCUT2D eigenvalue weighted by Crippen LogP contribution is -2.04. The largest absolute Gasteiger partial charge is 0.203 e. The SMILES string of the molecule is CC12CCCN1N2Cl. The predicted octanol–water partition coefficient (Wildman–Crippen LogP) is 1.18. The molecule has 0 spiro atoms. The summed E-state index contributed by atoms with van der Waals surface area (Å²) in [5, 5.41) is 2.19. The van der Waals surface area contributed by atoms with E-state index in [9.17, 15) is 0 Å². The first kappa shape index (κ1) is 5.03. The highest BCUT2D eigenvalue weighted by molar-refractivity contribution is 6.14. The average molecular weight is 133 g/mol. The number of nitrogens with zero attached hydrogens (tertiary/aromatic N) is 2. The third-order valence-corrected chi connectivity index (χ3v) is 2.69. The maximum Gasteiger partial charge on any atom is 0.115 e. The summed E-state index contributed by atoms with van der Waals surface area (Å²) in [6.45, 7) is 3.33. The lowest BCUT2D eigenvalue weighted by Gasteiger charge is -1.96. The van der Waals surface area contributed by atoms with E-state index in [1.54, 1.807) is 4.53 Å². The van der Waals surface area contributed by atoms with Crippen molar-refractivity contribution in [2.75, 3.05) is 6.54 Å². The van der Waals surface area contributed by atoms with Gasteiger partial charge < -0.3 is 0 Å². The van der Waals surface area contributed by atoms with Crippen LogP contribution >= 0.6 is 11.8 Å². The topological polar surface area (TPSA) is 6.02 Å². The molecule has 0 saturated carbocycles. The number of rotatable bonds is 0. The van der Waals surface area contributed by atoms with Gasteiger partial charge in [0.05, 0.1) is 0 Å². The third kappa shape index (κ3) is 0.375. The lowest BCUT2D eigenvalue weighted by atomic mass is 10.2. The number of hydrogen-bond acceptors (Lipinski definition) is 2. The summed E-state index contributed by atoms with van der Waals surface area (Å²) < 4.78 is 1.80. The van der Waals surface area contributed by atoms with Crippen LogP contribution < -0.4 is 0 Å². The van der Waals surface area contributed by atoms with Gasteiger partial charge in [-0.3, -0.25) is 0 Å². The Morgan fingerprint density at radius 1 is 1.62 bits per heavy atom. The smallest absolute Gasteiger partial charge is 0.115 e. The molecule has 0 aromatic heterocycles. The Balaban J connectivity index is 2.18. The van der Waals surface area contributed by atoms with Crippen LogP contribution in [0.25, 0.3) is 0 Å². The van der Waals surface area contributed by atoms with Crippen LogP contribution in [0.15, 0.2) is 0 Å². The fraction of sp³-hybridized carbons (Fsp3) is 1.00. The van der Waals surface area contributed by atoms with Gasteiger partial charge in [0.1, 0.15) is 5.66 Å². The average Bonchev–Trinajstić information content (AvgIpc) is 2.23. The quantitative estimate of drug-likeness (QED) is 0.361. The van der Waals surface area contributed by atoms with Crippen molar-refractivity contribution >= 4 is 11.8 Å². The van der Waals surface area contributed by atoms with Crippen LogP contribution in [0.3, 0.4) is 0 Å². The van der Waals surface area contributed by atoms with Crippen molar-refractivity contribution in [2.45, 2.75) is 25.4 Å². The summed E-state index contributed by atoms with van der Waals surface area (Å²) in [5.74, 6) is 0. The monoisotopic (exact) mass is 132 g/mol. The van der Waals surface area contributed by atoms with Gasteiger partial charge in [0.2, 0.25) is 0 Å². The predicted molar refractivity (Wildman–Crippen MR) is 32.0 cm³/mol. The molecule has 2 saturated heterocycles. The van der Waals surface area contributed by atoms with Gasteiger partial charge in [0, 0.05) is 6.54 Å². The van der Waals surface area contributed by atoms with Crippen molar-refractivity contribution < 1.29 is 0 Å². The maximum absolute atomic E-state index is 5.75. The Kier molecular flexibility index (Phi) is 0.756. The molecule has 2 aliphatic heterocycles. The molecule has 0 aromatic carbocycles. The molecule has 2 nitrogen and oxygen atoms in total. The summed E-state index contributed by atoms with van der Waals surface area (Å²) in [6.07, 6.45) is 2.54. The molecule has 3 unspecified atom stereocenters. The van der Waals surface area contributed by atoms with Crippen LogP contribution in [0.4, 0.5) is 0 Å². The van der Waals surface area contributed by atoms with Gasteiger partial charge in [0.15, 0.2) is 0 Å². The van der Waals surface area contributed by atoms with Crippen molar-refractivity contribution in [2.24, 2.45) is 0 Å². The van der Waals surface area contributed by atoms with Crippen LogP contribution in [0.1, 0.15) is 19.8 Å². The summed E-state index contributed by atoms with van der Waals surface area (Å²) >= 11 is 5.75. The third-order valence-electron chi connectivity index (χ3n) is 2.15. The van der Waals surface area contributed by atoms with E-state index >= 15 is 0 Å². The zero-order chi connectivity index (χ0) is 5.78. The first-order valence-corrected chi connectivity index (χ1v) is 3.32. The van der Waals surface area contributed by atoms with Crippen molar-refractivity contribution in [3.63, 3.8) is 0 Å². The van der Waals surface area contributed by atoms with Crippen LogP contribution in [0.5, 0.6) is 0 Å². The van der Waals surface area contributed by atoms with Gasteiger partial charge in [0.25, 0.3) is 0 Å². The molecule has 3 atom stereocenters. The fourth-order valence-corrected chi connectivity index (χ4v) is 1.84. The molecule has 2 heterocycles. The maximum atomic E-state index is 5.75. The lowest BCUT2D eigenvalue weighted by molar-refractivity contribution is 0.432. The van der Waals surface area contributed by atoms with Crippen molar-refractivity contribution in [1.82, 2.24) is 9.54 Å². The van der Waals surface area contributed by atoms with E-state index in [2.05, 4.69) is 11.9 Å². The van der Waals surface area contributed by atoms with Crippen molar-refractivity contribution in [3.8, 4) is 0 Å².